The minimum Gasteiger partial charge on any atom is -0.398 e. The normalized spacial score (nSPS) is 11.3. The Hall–Kier alpha value is -1.53. The van der Waals surface area contributed by atoms with E-state index in [4.69, 9.17) is 5.73 Å². The highest BCUT2D eigenvalue weighted by Crippen LogP contribution is 2.26. The highest BCUT2D eigenvalue weighted by Gasteiger charge is 2.18. The molecule has 0 aliphatic heterocycles. The molecule has 0 saturated carbocycles. The van der Waals surface area contributed by atoms with Crippen LogP contribution in [0, 0.1) is 13.8 Å². The summed E-state index contributed by atoms with van der Waals surface area (Å²) in [7, 11) is -3.70. The quantitative estimate of drug-likeness (QED) is 0.829. The molecule has 3 N–H and O–H groups in total. The summed E-state index contributed by atoms with van der Waals surface area (Å²) in [6.07, 6.45) is 0. The second-order valence-corrected chi connectivity index (χ2v) is 7.10. The molecule has 0 radical (unpaired) electrons. The van der Waals surface area contributed by atoms with Gasteiger partial charge in [0.25, 0.3) is 10.0 Å². The van der Waals surface area contributed by atoms with Crippen molar-refractivity contribution in [1.29, 1.82) is 0 Å². The maximum Gasteiger partial charge on any atom is 0.263 e. The van der Waals surface area contributed by atoms with Crippen molar-refractivity contribution in [3.63, 3.8) is 0 Å². The number of aryl methyl sites for hydroxylation is 1. The zero-order valence-corrected chi connectivity index (χ0v) is 13.5. The van der Waals surface area contributed by atoms with E-state index >= 15 is 0 Å². The monoisotopic (exact) mass is 354 g/mol. The average molecular weight is 355 g/mol. The van der Waals surface area contributed by atoms with Gasteiger partial charge in [0.05, 0.1) is 11.4 Å². The number of nitrogens with two attached hydrogens (primary N) is 1. The molecule has 0 bridgehead atoms. The topological polar surface area (TPSA) is 72.2 Å². The highest BCUT2D eigenvalue weighted by molar-refractivity contribution is 9.10. The Morgan fingerprint density at radius 1 is 1.15 bits per heavy atom. The molecule has 4 nitrogen and oxygen atoms in total. The van der Waals surface area contributed by atoms with Gasteiger partial charge in [-0.25, -0.2) is 8.42 Å². The molecule has 20 heavy (non-hydrogen) atoms. The zero-order chi connectivity index (χ0) is 14.9. The Morgan fingerprint density at radius 2 is 1.85 bits per heavy atom. The van der Waals surface area contributed by atoms with Gasteiger partial charge in [-0.2, -0.15) is 0 Å². The van der Waals surface area contributed by atoms with Crippen LogP contribution in [0.15, 0.2) is 45.8 Å². The number of sulfonamides is 1. The fraction of sp³-hybridized carbons (Fsp3) is 0.143. The van der Waals surface area contributed by atoms with Gasteiger partial charge in [-0.1, -0.05) is 28.1 Å². The second-order valence-electron chi connectivity index (χ2n) is 4.54. The standard InChI is InChI=1S/C14H15BrN2O2S/c1-9-4-3-5-13(10(9)2)17-20(18,19)14-7-6-11(15)8-12(14)16/h3-8,17H,16H2,1-2H3. The lowest BCUT2D eigenvalue weighted by molar-refractivity contribution is 0.601. The minimum atomic E-state index is -3.70. The first kappa shape index (κ1) is 14.9. The zero-order valence-electron chi connectivity index (χ0n) is 11.1. The Kier molecular flexibility index (Phi) is 4.06. The lowest BCUT2D eigenvalue weighted by Gasteiger charge is -2.13. The number of halogens is 1. The third kappa shape index (κ3) is 2.96. The molecule has 106 valence electrons. The van der Waals surface area contributed by atoms with Crippen LogP contribution < -0.4 is 10.5 Å². The summed E-state index contributed by atoms with van der Waals surface area (Å²) in [6, 6.07) is 10.2. The summed E-state index contributed by atoms with van der Waals surface area (Å²) in [4.78, 5) is 0.0709. The number of anilines is 2. The number of rotatable bonds is 3. The molecule has 0 saturated heterocycles. The molecule has 0 fully saturated rings. The van der Waals surface area contributed by atoms with Crippen LogP contribution in [0.2, 0.25) is 0 Å². The molecule has 2 aromatic rings. The predicted octanol–water partition coefficient (Wildman–Crippen LogP) is 3.45. The van der Waals surface area contributed by atoms with E-state index in [1.54, 1.807) is 18.2 Å². The first-order chi connectivity index (χ1) is 9.31. The van der Waals surface area contributed by atoms with E-state index in [2.05, 4.69) is 20.7 Å². The lowest BCUT2D eigenvalue weighted by atomic mass is 10.1. The SMILES string of the molecule is Cc1cccc(NS(=O)(=O)c2ccc(Br)cc2N)c1C. The van der Waals surface area contributed by atoms with E-state index in [1.165, 1.54) is 6.07 Å². The summed E-state index contributed by atoms with van der Waals surface area (Å²) in [5.74, 6) is 0. The fourth-order valence-electron chi connectivity index (χ4n) is 1.83. The summed E-state index contributed by atoms with van der Waals surface area (Å²) >= 11 is 3.26. The summed E-state index contributed by atoms with van der Waals surface area (Å²) in [5.41, 5.74) is 8.47. The first-order valence-electron chi connectivity index (χ1n) is 5.95. The van der Waals surface area contributed by atoms with E-state index in [1.807, 2.05) is 26.0 Å². The Bertz CT molecular complexity index is 758. The van der Waals surface area contributed by atoms with Gasteiger partial charge in [0.15, 0.2) is 0 Å². The number of nitrogens with one attached hydrogen (secondary N) is 1. The van der Waals surface area contributed by atoms with Crippen LogP contribution in [-0.4, -0.2) is 8.42 Å². The van der Waals surface area contributed by atoms with E-state index in [9.17, 15) is 8.42 Å². The smallest absolute Gasteiger partial charge is 0.263 e. The van der Waals surface area contributed by atoms with E-state index < -0.39 is 10.0 Å². The highest BCUT2D eigenvalue weighted by atomic mass is 79.9. The van der Waals surface area contributed by atoms with Gasteiger partial charge in [0.1, 0.15) is 4.90 Å². The molecule has 0 aliphatic carbocycles. The van der Waals surface area contributed by atoms with Gasteiger partial charge >= 0.3 is 0 Å². The maximum absolute atomic E-state index is 12.4. The van der Waals surface area contributed by atoms with Crippen molar-refractivity contribution in [2.45, 2.75) is 18.7 Å². The number of hydrogen-bond acceptors (Lipinski definition) is 3. The molecule has 0 aliphatic rings. The van der Waals surface area contributed by atoms with Crippen molar-refractivity contribution in [3.05, 3.63) is 52.0 Å². The molecule has 2 rings (SSSR count). The van der Waals surface area contributed by atoms with Crippen molar-refractivity contribution in [3.8, 4) is 0 Å². The second kappa shape index (κ2) is 5.46. The third-order valence-electron chi connectivity index (χ3n) is 3.11. The van der Waals surface area contributed by atoms with Crippen LogP contribution in [-0.2, 0) is 10.0 Å². The van der Waals surface area contributed by atoms with E-state index in [-0.39, 0.29) is 10.6 Å². The molecule has 0 spiro atoms. The van der Waals surface area contributed by atoms with Crippen molar-refractivity contribution in [2.75, 3.05) is 10.5 Å². The molecule has 0 aromatic heterocycles. The third-order valence-corrected chi connectivity index (χ3v) is 5.04. The Balaban J connectivity index is 2.44. The van der Waals surface area contributed by atoms with Gasteiger partial charge in [-0.05, 0) is 49.2 Å². The predicted molar refractivity (Wildman–Crippen MR) is 85.3 cm³/mol. The number of nitrogen functional groups attached to an aromatic ring is 1. The maximum atomic E-state index is 12.4. The summed E-state index contributed by atoms with van der Waals surface area (Å²) < 4.78 is 28.1. The van der Waals surface area contributed by atoms with Crippen LogP contribution in [0.3, 0.4) is 0 Å². The minimum absolute atomic E-state index is 0.0709. The lowest BCUT2D eigenvalue weighted by Crippen LogP contribution is -2.15. The number of benzene rings is 2. The van der Waals surface area contributed by atoms with Gasteiger partial charge in [-0.3, -0.25) is 4.72 Å². The number of hydrogen-bond donors (Lipinski definition) is 2. The molecular formula is C14H15BrN2O2S. The average Bonchev–Trinajstić information content (AvgIpc) is 2.34. The van der Waals surface area contributed by atoms with Crippen molar-refractivity contribution in [2.24, 2.45) is 0 Å². The Labute approximate surface area is 127 Å². The largest absolute Gasteiger partial charge is 0.398 e. The van der Waals surface area contributed by atoms with Crippen LogP contribution in [0.4, 0.5) is 11.4 Å². The van der Waals surface area contributed by atoms with Crippen LogP contribution in [0.1, 0.15) is 11.1 Å². The van der Waals surface area contributed by atoms with E-state index in [0.29, 0.717) is 5.69 Å². The molecular weight excluding hydrogens is 340 g/mol. The van der Waals surface area contributed by atoms with Crippen molar-refractivity contribution >= 4 is 37.3 Å². The first-order valence-corrected chi connectivity index (χ1v) is 8.23. The Morgan fingerprint density at radius 3 is 2.50 bits per heavy atom. The van der Waals surface area contributed by atoms with E-state index in [0.717, 1.165) is 15.6 Å². The molecule has 2 aromatic carbocycles. The van der Waals surface area contributed by atoms with Gasteiger partial charge in [0, 0.05) is 4.47 Å². The van der Waals surface area contributed by atoms with Gasteiger partial charge < -0.3 is 5.73 Å². The molecule has 0 heterocycles. The van der Waals surface area contributed by atoms with Crippen LogP contribution in [0.5, 0.6) is 0 Å². The molecule has 0 amide bonds. The molecule has 6 heteroatoms. The van der Waals surface area contributed by atoms with Crippen LogP contribution >= 0.6 is 15.9 Å². The van der Waals surface area contributed by atoms with Crippen LogP contribution in [0.25, 0.3) is 0 Å². The summed E-state index contributed by atoms with van der Waals surface area (Å²) in [6.45, 7) is 3.80. The summed E-state index contributed by atoms with van der Waals surface area (Å²) in [5, 5.41) is 0. The van der Waals surface area contributed by atoms with Crippen molar-refractivity contribution < 1.29 is 8.42 Å². The van der Waals surface area contributed by atoms with Gasteiger partial charge in [0.2, 0.25) is 0 Å². The molecule has 0 unspecified atom stereocenters. The fourth-order valence-corrected chi connectivity index (χ4v) is 3.44. The molecule has 0 atom stereocenters. The van der Waals surface area contributed by atoms with Crippen molar-refractivity contribution in [1.82, 2.24) is 0 Å². The van der Waals surface area contributed by atoms with Gasteiger partial charge in [-0.15, -0.1) is 0 Å².